The number of aromatic amines is 1. The maximum absolute atomic E-state index is 12.8. The molecule has 42 heavy (non-hydrogen) atoms. The van der Waals surface area contributed by atoms with Crippen molar-refractivity contribution in [2.45, 2.75) is 65.0 Å². The van der Waals surface area contributed by atoms with Gasteiger partial charge in [-0.15, -0.1) is 0 Å². The van der Waals surface area contributed by atoms with Crippen LogP contribution < -0.4 is 21.6 Å². The fourth-order valence-electron chi connectivity index (χ4n) is 5.74. The van der Waals surface area contributed by atoms with Gasteiger partial charge in [0.2, 0.25) is 0 Å². The van der Waals surface area contributed by atoms with E-state index < -0.39 is 55.4 Å². The van der Waals surface area contributed by atoms with Gasteiger partial charge in [0, 0.05) is 26.1 Å². The molecule has 2 aromatic carbocycles. The lowest BCUT2D eigenvalue weighted by Crippen LogP contribution is -2.67. The molecule has 11 heteroatoms. The maximum atomic E-state index is 12.8. The first-order chi connectivity index (χ1) is 19.8. The van der Waals surface area contributed by atoms with E-state index in [0.717, 1.165) is 10.4 Å². The number of aromatic nitrogens is 2. The second-order valence-electron chi connectivity index (χ2n) is 11.8. The van der Waals surface area contributed by atoms with Gasteiger partial charge in [-0.25, -0.2) is 4.79 Å². The number of ether oxygens (including phenoxy) is 3. The minimum absolute atomic E-state index is 0.0391. The first-order valence-corrected chi connectivity index (χ1v) is 15.7. The van der Waals surface area contributed by atoms with Crippen LogP contribution in [0.15, 0.2) is 82.5 Å². The second-order valence-corrected chi connectivity index (χ2v) is 16.1. The van der Waals surface area contributed by atoms with E-state index in [1.54, 1.807) is 6.92 Å². The van der Waals surface area contributed by atoms with Crippen LogP contribution in [0.5, 0.6) is 0 Å². The third kappa shape index (κ3) is 6.04. The fraction of sp³-hybridized carbons (Fsp3) is 0.419. The van der Waals surface area contributed by atoms with E-state index in [0.29, 0.717) is 0 Å². The highest BCUT2D eigenvalue weighted by molar-refractivity contribution is 6.99. The van der Waals surface area contributed by atoms with Crippen molar-refractivity contribution >= 4 is 30.6 Å². The van der Waals surface area contributed by atoms with Crippen molar-refractivity contribution in [3.05, 3.63) is 93.8 Å². The number of hydrogen-bond donors (Lipinski definition) is 1. The van der Waals surface area contributed by atoms with Crippen molar-refractivity contribution in [1.29, 1.82) is 0 Å². The quantitative estimate of drug-likeness (QED) is 0.296. The van der Waals surface area contributed by atoms with Crippen molar-refractivity contribution in [1.82, 2.24) is 9.55 Å². The Labute approximate surface area is 245 Å². The van der Waals surface area contributed by atoms with E-state index in [1.807, 2.05) is 36.4 Å². The van der Waals surface area contributed by atoms with Crippen LogP contribution in [-0.4, -0.2) is 55.2 Å². The van der Waals surface area contributed by atoms with Crippen LogP contribution in [-0.2, 0) is 28.2 Å². The lowest BCUT2D eigenvalue weighted by Gasteiger charge is -2.44. The molecule has 0 aliphatic carbocycles. The van der Waals surface area contributed by atoms with Crippen LogP contribution >= 0.6 is 0 Å². The summed E-state index contributed by atoms with van der Waals surface area (Å²) in [5, 5.41) is 1.80. The van der Waals surface area contributed by atoms with Gasteiger partial charge in [0.15, 0.2) is 12.3 Å². The van der Waals surface area contributed by atoms with Crippen molar-refractivity contribution in [3.8, 4) is 0 Å². The van der Waals surface area contributed by atoms with Gasteiger partial charge in [-0.3, -0.25) is 23.9 Å². The molecule has 1 aliphatic heterocycles. The maximum Gasteiger partial charge on any atom is 0.330 e. The topological polar surface area (TPSA) is 126 Å². The number of hydrogen-bond acceptors (Lipinski definition) is 8. The lowest BCUT2D eigenvalue weighted by molar-refractivity contribution is -0.161. The number of nitrogens with one attached hydrogen (secondary N) is 1. The Balaban J connectivity index is 1.83. The molecule has 0 saturated carbocycles. The van der Waals surface area contributed by atoms with Crippen LogP contribution in [0.3, 0.4) is 0 Å². The molecular weight excluding hydrogens is 556 g/mol. The van der Waals surface area contributed by atoms with Gasteiger partial charge in [-0.2, -0.15) is 0 Å². The minimum atomic E-state index is -3.01. The summed E-state index contributed by atoms with van der Waals surface area (Å²) >= 11 is 0. The average molecular weight is 595 g/mol. The van der Waals surface area contributed by atoms with E-state index in [2.05, 4.69) is 50.0 Å². The summed E-state index contributed by atoms with van der Waals surface area (Å²) in [5.41, 5.74) is -2.43. The molecule has 0 bridgehead atoms. The standard InChI is InChI=1S/C31H38N2O8Si/c1-21(34)38-20-31(6)25(41-28(27(31)40-22(2)35)33-18-17-26(36)32-29(33)37)19-39-42(30(3,4)5,23-13-9-7-10-14-23)24-15-11-8-12-16-24/h7-18,25,27-28H,19-20H2,1-6H3,(H,32,36,37). The van der Waals surface area contributed by atoms with E-state index in [1.165, 1.54) is 30.7 Å². The zero-order valence-corrected chi connectivity index (χ0v) is 25.8. The number of carbonyl (C=O) groups is 2. The summed E-state index contributed by atoms with van der Waals surface area (Å²) in [5.74, 6) is -1.12. The molecule has 0 radical (unpaired) electrons. The number of benzene rings is 2. The molecule has 4 unspecified atom stereocenters. The predicted molar refractivity (Wildman–Crippen MR) is 159 cm³/mol. The van der Waals surface area contributed by atoms with E-state index in [4.69, 9.17) is 18.6 Å². The Bertz CT molecular complexity index is 1480. The lowest BCUT2D eigenvalue weighted by atomic mass is 9.81. The Morgan fingerprint density at radius 1 is 0.952 bits per heavy atom. The van der Waals surface area contributed by atoms with Crippen molar-refractivity contribution < 1.29 is 28.2 Å². The van der Waals surface area contributed by atoms with Gasteiger partial charge in [0.05, 0.1) is 18.1 Å². The molecule has 1 aliphatic rings. The molecule has 10 nitrogen and oxygen atoms in total. The third-order valence-electron chi connectivity index (χ3n) is 7.82. The highest BCUT2D eigenvalue weighted by Crippen LogP contribution is 2.47. The van der Waals surface area contributed by atoms with Gasteiger partial charge in [0.1, 0.15) is 6.61 Å². The number of esters is 2. The van der Waals surface area contributed by atoms with Crippen molar-refractivity contribution in [3.63, 3.8) is 0 Å². The monoisotopic (exact) mass is 594 g/mol. The van der Waals surface area contributed by atoms with E-state index in [-0.39, 0.29) is 18.3 Å². The Kier molecular flexibility index (Phi) is 9.05. The summed E-state index contributed by atoms with van der Waals surface area (Å²) in [6, 6.07) is 21.3. The Morgan fingerprint density at radius 2 is 1.52 bits per heavy atom. The largest absolute Gasteiger partial charge is 0.465 e. The minimum Gasteiger partial charge on any atom is -0.465 e. The van der Waals surface area contributed by atoms with Crippen LogP contribution in [0.25, 0.3) is 0 Å². The molecule has 1 saturated heterocycles. The van der Waals surface area contributed by atoms with Crippen LogP contribution in [0.2, 0.25) is 5.04 Å². The smallest absolute Gasteiger partial charge is 0.330 e. The summed E-state index contributed by atoms with van der Waals surface area (Å²) in [6.45, 7) is 10.6. The molecule has 0 spiro atoms. The molecule has 0 amide bonds. The highest BCUT2D eigenvalue weighted by Gasteiger charge is 2.59. The molecular formula is C31H38N2O8Si. The molecule has 4 rings (SSSR count). The first-order valence-electron chi connectivity index (χ1n) is 13.8. The van der Waals surface area contributed by atoms with Crippen molar-refractivity contribution in [2.75, 3.05) is 13.2 Å². The van der Waals surface area contributed by atoms with E-state index >= 15 is 0 Å². The molecule has 4 atom stereocenters. The zero-order valence-electron chi connectivity index (χ0n) is 24.8. The van der Waals surface area contributed by atoms with Gasteiger partial charge < -0.3 is 18.6 Å². The number of H-pyrrole nitrogens is 1. The van der Waals surface area contributed by atoms with Gasteiger partial charge >= 0.3 is 17.6 Å². The van der Waals surface area contributed by atoms with E-state index in [9.17, 15) is 19.2 Å². The first kappa shape index (κ1) is 31.1. The molecule has 1 fully saturated rings. The van der Waals surface area contributed by atoms with Gasteiger partial charge in [0.25, 0.3) is 13.9 Å². The Hall–Kier alpha value is -3.80. The highest BCUT2D eigenvalue weighted by atomic mass is 28.4. The third-order valence-corrected chi connectivity index (χ3v) is 12.8. The summed E-state index contributed by atoms with van der Waals surface area (Å²) in [4.78, 5) is 51.1. The molecule has 2 heterocycles. The fourth-order valence-corrected chi connectivity index (χ4v) is 10.3. The summed E-state index contributed by atoms with van der Waals surface area (Å²) < 4.78 is 26.0. The SMILES string of the molecule is CC(=O)OCC1(C)C(CO[Si](c2ccccc2)(c2ccccc2)C(C)(C)C)OC(n2ccc(=O)[nH]c2=O)C1OC(C)=O. The van der Waals surface area contributed by atoms with Crippen LogP contribution in [0.4, 0.5) is 0 Å². The summed E-state index contributed by atoms with van der Waals surface area (Å²) in [6.07, 6.45) is -1.66. The van der Waals surface area contributed by atoms with Gasteiger partial charge in [-0.05, 0) is 22.3 Å². The van der Waals surface area contributed by atoms with Crippen LogP contribution in [0.1, 0.15) is 47.8 Å². The molecule has 224 valence electrons. The second kappa shape index (κ2) is 12.2. The Morgan fingerprint density at radius 3 is 2.00 bits per heavy atom. The zero-order chi connectivity index (χ0) is 30.7. The number of rotatable bonds is 9. The number of nitrogens with zero attached hydrogens (tertiary/aromatic N) is 1. The normalized spacial score (nSPS) is 22.5. The molecule has 1 aromatic heterocycles. The molecule has 3 aromatic rings. The predicted octanol–water partition coefficient (Wildman–Crippen LogP) is 2.51. The average Bonchev–Trinajstić information content (AvgIpc) is 3.19. The van der Waals surface area contributed by atoms with Crippen LogP contribution in [0, 0.1) is 5.41 Å². The molecule has 1 N–H and O–H groups in total. The summed E-state index contributed by atoms with van der Waals surface area (Å²) in [7, 11) is -3.01. The van der Waals surface area contributed by atoms with Crippen molar-refractivity contribution in [2.24, 2.45) is 5.41 Å². The van der Waals surface area contributed by atoms with Gasteiger partial charge in [-0.1, -0.05) is 81.4 Å². The number of carbonyl (C=O) groups excluding carboxylic acids is 2.